The molecule has 0 aliphatic carbocycles. The van der Waals surface area contributed by atoms with Crippen LogP contribution in [0.2, 0.25) is 0 Å². The van der Waals surface area contributed by atoms with Crippen LogP contribution in [0.5, 0.6) is 0 Å². The van der Waals surface area contributed by atoms with E-state index in [-0.39, 0.29) is 0 Å². The van der Waals surface area contributed by atoms with Crippen molar-refractivity contribution >= 4 is 5.69 Å². The lowest BCUT2D eigenvalue weighted by atomic mass is 9.99. The molecule has 0 atom stereocenters. The highest BCUT2D eigenvalue weighted by atomic mass is 15.1. The van der Waals surface area contributed by atoms with Crippen molar-refractivity contribution in [3.8, 4) is 41.9 Å². The van der Waals surface area contributed by atoms with Gasteiger partial charge in [0, 0.05) is 42.0 Å². The predicted molar refractivity (Wildman–Crippen MR) is 120 cm³/mol. The smallest absolute Gasteiger partial charge is 0.100 e. The van der Waals surface area contributed by atoms with Gasteiger partial charge < -0.3 is 4.90 Å². The largest absolute Gasteiger partial charge is 0.378 e. The molecule has 0 amide bonds. The van der Waals surface area contributed by atoms with Gasteiger partial charge in [0.25, 0.3) is 0 Å². The van der Waals surface area contributed by atoms with Gasteiger partial charge in [0.2, 0.25) is 0 Å². The lowest BCUT2D eigenvalue weighted by Crippen LogP contribution is -2.07. The van der Waals surface area contributed by atoms with E-state index in [9.17, 15) is 15.8 Å². The second kappa shape index (κ2) is 9.50. The molecule has 4 nitrogen and oxygen atoms in total. The fourth-order valence-electron chi connectivity index (χ4n) is 2.80. The van der Waals surface area contributed by atoms with Gasteiger partial charge in [-0.1, -0.05) is 35.8 Å². The summed E-state index contributed by atoms with van der Waals surface area (Å²) < 4.78 is 0. The second-order valence-corrected chi connectivity index (χ2v) is 6.77. The molecule has 144 valence electrons. The molecule has 0 unspecified atom stereocenters. The zero-order chi connectivity index (χ0) is 22.2. The summed E-state index contributed by atoms with van der Waals surface area (Å²) in [5, 5.41) is 28.3. The van der Waals surface area contributed by atoms with Crippen molar-refractivity contribution in [3.05, 3.63) is 99.6 Å². The molecule has 3 aromatic carbocycles. The van der Waals surface area contributed by atoms with E-state index in [1.165, 1.54) is 0 Å². The van der Waals surface area contributed by atoms with E-state index in [2.05, 4.69) is 41.9 Å². The van der Waals surface area contributed by atoms with Gasteiger partial charge in [-0.15, -0.1) is 0 Å². The van der Waals surface area contributed by atoms with Crippen molar-refractivity contribution < 1.29 is 0 Å². The first-order valence-corrected chi connectivity index (χ1v) is 9.34. The van der Waals surface area contributed by atoms with Crippen molar-refractivity contribution in [2.45, 2.75) is 0 Å². The summed E-state index contributed by atoms with van der Waals surface area (Å²) in [6, 6.07) is 24.2. The highest BCUT2D eigenvalue weighted by Crippen LogP contribution is 2.17. The molecule has 0 aliphatic rings. The van der Waals surface area contributed by atoms with E-state index < -0.39 is 0 Å². The third-order valence-corrected chi connectivity index (χ3v) is 4.50. The van der Waals surface area contributed by atoms with Gasteiger partial charge in [-0.3, -0.25) is 0 Å². The van der Waals surface area contributed by atoms with Crippen LogP contribution in [0.15, 0.2) is 60.7 Å². The summed E-state index contributed by atoms with van der Waals surface area (Å²) in [6.07, 6.45) is 0. The van der Waals surface area contributed by atoms with Gasteiger partial charge in [0.05, 0.1) is 16.7 Å². The van der Waals surface area contributed by atoms with Crippen molar-refractivity contribution in [2.75, 3.05) is 19.0 Å². The lowest BCUT2D eigenvalue weighted by molar-refractivity contribution is 1.13. The normalized spacial score (nSPS) is 9.00. The Hall–Kier alpha value is -4.95. The first-order chi connectivity index (χ1) is 15.0. The molecule has 0 radical (unpaired) electrons. The van der Waals surface area contributed by atoms with E-state index in [1.807, 2.05) is 43.3 Å². The average molecular weight is 396 g/mol. The standard InChI is InChI=1S/C27H16N4/c1-31(2)27-13-8-20(9-14-27)7-10-22-15-26(19-30)23(16-25(22)18-29)12-11-21-5-3-4-6-24(21)17-28/h3-6,8-9,13-16H,1-2H3. The van der Waals surface area contributed by atoms with Crippen LogP contribution in [0.4, 0.5) is 5.69 Å². The minimum Gasteiger partial charge on any atom is -0.378 e. The molecule has 0 heterocycles. The third kappa shape index (κ3) is 4.91. The average Bonchev–Trinajstić information content (AvgIpc) is 2.81. The topological polar surface area (TPSA) is 74.6 Å². The maximum absolute atomic E-state index is 9.57. The summed E-state index contributed by atoms with van der Waals surface area (Å²) in [7, 11) is 3.93. The van der Waals surface area contributed by atoms with E-state index in [1.54, 1.807) is 36.4 Å². The molecule has 0 saturated heterocycles. The summed E-state index contributed by atoms with van der Waals surface area (Å²) >= 11 is 0. The fraction of sp³-hybridized carbons (Fsp3) is 0.0741. The van der Waals surface area contributed by atoms with Gasteiger partial charge >= 0.3 is 0 Å². The zero-order valence-electron chi connectivity index (χ0n) is 17.1. The Morgan fingerprint density at radius 3 is 1.55 bits per heavy atom. The molecule has 0 N–H and O–H groups in total. The van der Waals surface area contributed by atoms with Crippen molar-refractivity contribution in [1.82, 2.24) is 0 Å². The Bertz CT molecular complexity index is 1390. The number of hydrogen-bond acceptors (Lipinski definition) is 4. The monoisotopic (exact) mass is 396 g/mol. The van der Waals surface area contributed by atoms with E-state index in [0.717, 1.165) is 11.3 Å². The maximum Gasteiger partial charge on any atom is 0.100 e. The number of nitrogens with zero attached hydrogens (tertiary/aromatic N) is 4. The molecule has 0 saturated carbocycles. The lowest BCUT2D eigenvalue weighted by Gasteiger charge is -2.11. The molecular formula is C27H16N4. The van der Waals surface area contributed by atoms with Crippen LogP contribution >= 0.6 is 0 Å². The molecule has 0 bridgehead atoms. The first-order valence-electron chi connectivity index (χ1n) is 9.34. The molecule has 3 rings (SSSR count). The Labute approximate surface area is 182 Å². The van der Waals surface area contributed by atoms with Gasteiger partial charge in [-0.25, -0.2) is 0 Å². The zero-order valence-corrected chi connectivity index (χ0v) is 17.1. The number of rotatable bonds is 1. The Morgan fingerprint density at radius 1 is 0.548 bits per heavy atom. The van der Waals surface area contributed by atoms with Crippen LogP contribution in [-0.4, -0.2) is 14.1 Å². The summed E-state index contributed by atoms with van der Waals surface area (Å²) in [6.45, 7) is 0. The molecule has 4 heteroatoms. The number of nitriles is 3. The first kappa shape index (κ1) is 20.8. The SMILES string of the molecule is CN(C)c1ccc(C#Cc2cc(C#N)c(C#Cc3ccccc3C#N)cc2C#N)cc1. The highest BCUT2D eigenvalue weighted by Gasteiger charge is 2.07. The Kier molecular flexibility index (Phi) is 6.37. The second-order valence-electron chi connectivity index (χ2n) is 6.77. The third-order valence-electron chi connectivity index (χ3n) is 4.50. The fourth-order valence-corrected chi connectivity index (χ4v) is 2.80. The summed E-state index contributed by atoms with van der Waals surface area (Å²) in [5.41, 5.74) is 4.46. The van der Waals surface area contributed by atoms with Gasteiger partial charge in [-0.2, -0.15) is 15.8 Å². The summed E-state index contributed by atoms with van der Waals surface area (Å²) in [4.78, 5) is 2.00. The molecular weight excluding hydrogens is 380 g/mol. The van der Waals surface area contributed by atoms with E-state index in [4.69, 9.17) is 0 Å². The molecule has 0 spiro atoms. The van der Waals surface area contributed by atoms with Crippen LogP contribution in [0.3, 0.4) is 0 Å². The van der Waals surface area contributed by atoms with Crippen molar-refractivity contribution in [1.29, 1.82) is 15.8 Å². The number of anilines is 1. The minimum absolute atomic E-state index is 0.327. The predicted octanol–water partition coefficient (Wildman–Crippen LogP) is 4.17. The van der Waals surface area contributed by atoms with Crippen LogP contribution in [0.1, 0.15) is 38.9 Å². The van der Waals surface area contributed by atoms with Crippen LogP contribution in [-0.2, 0) is 0 Å². The Morgan fingerprint density at radius 2 is 1.03 bits per heavy atom. The molecule has 0 fully saturated rings. The van der Waals surface area contributed by atoms with E-state index in [0.29, 0.717) is 33.4 Å². The number of benzene rings is 3. The van der Waals surface area contributed by atoms with Gasteiger partial charge in [0.15, 0.2) is 0 Å². The van der Waals surface area contributed by atoms with Gasteiger partial charge in [0.1, 0.15) is 18.2 Å². The maximum atomic E-state index is 9.57. The van der Waals surface area contributed by atoms with Crippen LogP contribution in [0.25, 0.3) is 0 Å². The Balaban J connectivity index is 2.00. The molecule has 0 aliphatic heterocycles. The highest BCUT2D eigenvalue weighted by molar-refractivity contribution is 5.62. The quantitative estimate of drug-likeness (QED) is 0.579. The van der Waals surface area contributed by atoms with Crippen LogP contribution < -0.4 is 4.90 Å². The molecule has 3 aromatic rings. The van der Waals surface area contributed by atoms with E-state index >= 15 is 0 Å². The molecule has 0 aromatic heterocycles. The van der Waals surface area contributed by atoms with Crippen molar-refractivity contribution in [2.24, 2.45) is 0 Å². The minimum atomic E-state index is 0.327. The summed E-state index contributed by atoms with van der Waals surface area (Å²) in [5.74, 6) is 11.9. The van der Waals surface area contributed by atoms with Crippen LogP contribution in [0, 0.1) is 57.7 Å². The van der Waals surface area contributed by atoms with Gasteiger partial charge in [-0.05, 0) is 48.5 Å². The molecule has 31 heavy (non-hydrogen) atoms. The number of hydrogen-bond donors (Lipinski definition) is 0. The van der Waals surface area contributed by atoms with Crippen molar-refractivity contribution in [3.63, 3.8) is 0 Å².